The molecular formula is C34H39ClFN7O3. The standard InChI is InChI=1S/C34H39ClFN7O3/c35-28-7-1-5-25-6-2-8-30(32(25)28)41-15-11-27-29(24-41)38-34(46-22-19-40-14-4-20-45-21-18-40)39-33(27)42-16-17-43(26(23-42)10-13-37)31(44)9-3-12-36/h1-3,5-9,26H,4,10-12,14-24H2/b9-3+/t26-/m0/s1. The first-order chi connectivity index (χ1) is 22.6. The Bertz CT molecular complexity index is 1600. The molecule has 0 spiro atoms. The third-order valence-corrected chi connectivity index (χ3v) is 9.21. The first-order valence-corrected chi connectivity index (χ1v) is 16.3. The SMILES string of the molecule is N#CC[C@H]1CN(c2nc(OCCN3CCCOCC3)nc3c2CCN(c2cccc4cccc(Cl)c24)C3)CCN1C(=O)/C=C/CF. The zero-order valence-electron chi connectivity index (χ0n) is 25.9. The second kappa shape index (κ2) is 15.1. The molecule has 6 rings (SSSR count). The molecule has 1 amide bonds. The van der Waals surface area contributed by atoms with E-state index in [4.69, 9.17) is 31.0 Å². The van der Waals surface area contributed by atoms with Gasteiger partial charge >= 0.3 is 6.01 Å². The zero-order valence-corrected chi connectivity index (χ0v) is 26.7. The van der Waals surface area contributed by atoms with Gasteiger partial charge in [-0.1, -0.05) is 35.9 Å². The summed E-state index contributed by atoms with van der Waals surface area (Å²) in [5.74, 6) is 0.503. The van der Waals surface area contributed by atoms with Crippen LogP contribution < -0.4 is 14.5 Å². The minimum absolute atomic E-state index is 0.164. The van der Waals surface area contributed by atoms with Crippen molar-refractivity contribution < 1.29 is 18.7 Å². The lowest BCUT2D eigenvalue weighted by Gasteiger charge is -2.42. The Morgan fingerprint density at radius 2 is 1.98 bits per heavy atom. The van der Waals surface area contributed by atoms with Crippen molar-refractivity contribution in [1.82, 2.24) is 19.8 Å². The average molecular weight is 648 g/mol. The molecule has 242 valence electrons. The fourth-order valence-corrected chi connectivity index (χ4v) is 6.89. The van der Waals surface area contributed by atoms with E-state index < -0.39 is 6.67 Å². The van der Waals surface area contributed by atoms with Crippen molar-refractivity contribution in [2.75, 3.05) is 82.1 Å². The number of allylic oxidation sites excluding steroid dienone is 1. The maximum absolute atomic E-state index is 12.8. The molecule has 0 unspecified atom stereocenters. The Hall–Kier alpha value is -3.98. The summed E-state index contributed by atoms with van der Waals surface area (Å²) in [5.41, 5.74) is 2.99. The minimum atomic E-state index is -0.710. The number of benzene rings is 2. The third-order valence-electron chi connectivity index (χ3n) is 8.89. The molecule has 3 aliphatic heterocycles. The second-order valence-corrected chi connectivity index (χ2v) is 12.2. The number of halogens is 2. The molecule has 2 saturated heterocycles. The van der Waals surface area contributed by atoms with Gasteiger partial charge in [0, 0.05) is 75.1 Å². The highest BCUT2D eigenvalue weighted by Gasteiger charge is 2.33. The Balaban J connectivity index is 1.29. The van der Waals surface area contributed by atoms with Crippen LogP contribution in [-0.4, -0.2) is 104 Å². The van der Waals surface area contributed by atoms with Gasteiger partial charge in [-0.3, -0.25) is 9.69 Å². The number of carbonyl (C=O) groups excluding carboxylic acids is 1. The fraction of sp³-hybridized carbons (Fsp3) is 0.471. The minimum Gasteiger partial charge on any atom is -0.462 e. The summed E-state index contributed by atoms with van der Waals surface area (Å²) in [6.45, 7) is 6.48. The summed E-state index contributed by atoms with van der Waals surface area (Å²) in [6.07, 6.45) is 4.33. The summed E-state index contributed by atoms with van der Waals surface area (Å²) in [6, 6.07) is 14.4. The predicted molar refractivity (Wildman–Crippen MR) is 176 cm³/mol. The number of nitriles is 1. The van der Waals surface area contributed by atoms with E-state index in [0.717, 1.165) is 79.3 Å². The fourth-order valence-electron chi connectivity index (χ4n) is 6.61. The van der Waals surface area contributed by atoms with E-state index in [-0.39, 0.29) is 18.4 Å². The van der Waals surface area contributed by atoms with Crippen LogP contribution in [-0.2, 0) is 22.5 Å². The van der Waals surface area contributed by atoms with Gasteiger partial charge in [0.25, 0.3) is 0 Å². The third kappa shape index (κ3) is 7.20. The van der Waals surface area contributed by atoms with E-state index in [1.807, 2.05) is 12.1 Å². The van der Waals surface area contributed by atoms with Crippen molar-refractivity contribution in [3.63, 3.8) is 0 Å². The van der Waals surface area contributed by atoms with Crippen molar-refractivity contribution in [2.24, 2.45) is 0 Å². The lowest BCUT2D eigenvalue weighted by Crippen LogP contribution is -2.55. The highest BCUT2D eigenvalue weighted by molar-refractivity contribution is 6.36. The molecular weight excluding hydrogens is 609 g/mol. The van der Waals surface area contributed by atoms with Gasteiger partial charge in [-0.25, -0.2) is 4.39 Å². The lowest BCUT2D eigenvalue weighted by molar-refractivity contribution is -0.128. The largest absolute Gasteiger partial charge is 0.462 e. The highest BCUT2D eigenvalue weighted by atomic mass is 35.5. The van der Waals surface area contributed by atoms with Gasteiger partial charge in [-0.15, -0.1) is 0 Å². The number of hydrogen-bond acceptors (Lipinski definition) is 9. The highest BCUT2D eigenvalue weighted by Crippen LogP contribution is 2.37. The molecule has 2 aromatic carbocycles. The molecule has 1 aromatic heterocycles. The molecule has 0 bridgehead atoms. The van der Waals surface area contributed by atoms with E-state index in [9.17, 15) is 14.4 Å². The molecule has 0 N–H and O–H groups in total. The molecule has 1 atom stereocenters. The topological polar surface area (TPSA) is 98.1 Å². The maximum Gasteiger partial charge on any atom is 0.318 e. The van der Waals surface area contributed by atoms with Crippen LogP contribution >= 0.6 is 11.6 Å². The predicted octanol–water partition coefficient (Wildman–Crippen LogP) is 4.40. The number of aromatic nitrogens is 2. The van der Waals surface area contributed by atoms with E-state index in [2.05, 4.69) is 45.0 Å². The van der Waals surface area contributed by atoms with Crippen molar-refractivity contribution in [3.8, 4) is 12.1 Å². The summed E-state index contributed by atoms with van der Waals surface area (Å²) in [5, 5.41) is 12.4. The summed E-state index contributed by atoms with van der Waals surface area (Å²) in [4.78, 5) is 31.1. The van der Waals surface area contributed by atoms with Crippen LogP contribution in [0.15, 0.2) is 48.6 Å². The first-order valence-electron chi connectivity index (χ1n) is 16.0. The van der Waals surface area contributed by atoms with Crippen molar-refractivity contribution in [1.29, 1.82) is 5.26 Å². The number of fused-ring (bicyclic) bond motifs is 2. The normalized spacial score (nSPS) is 19.2. The van der Waals surface area contributed by atoms with E-state index >= 15 is 0 Å². The Morgan fingerprint density at radius 1 is 1.11 bits per heavy atom. The number of carbonyl (C=O) groups is 1. The summed E-state index contributed by atoms with van der Waals surface area (Å²) >= 11 is 6.70. The number of ether oxygens (including phenoxy) is 2. The van der Waals surface area contributed by atoms with Crippen LogP contribution in [0.5, 0.6) is 6.01 Å². The van der Waals surface area contributed by atoms with Crippen molar-refractivity contribution >= 4 is 39.8 Å². The van der Waals surface area contributed by atoms with Gasteiger partial charge in [-0.2, -0.15) is 15.2 Å². The number of amides is 1. The molecule has 0 saturated carbocycles. The molecule has 3 aliphatic rings. The lowest BCUT2D eigenvalue weighted by atomic mass is 10.0. The Labute approximate surface area is 273 Å². The number of piperazine rings is 1. The van der Waals surface area contributed by atoms with Gasteiger partial charge in [0.1, 0.15) is 19.1 Å². The Morgan fingerprint density at radius 3 is 2.83 bits per heavy atom. The summed E-state index contributed by atoms with van der Waals surface area (Å²) in [7, 11) is 0. The van der Waals surface area contributed by atoms with Gasteiger partial charge in [0.15, 0.2) is 0 Å². The van der Waals surface area contributed by atoms with Crippen LogP contribution in [0.25, 0.3) is 10.8 Å². The van der Waals surface area contributed by atoms with Crippen LogP contribution in [0.4, 0.5) is 15.9 Å². The van der Waals surface area contributed by atoms with Gasteiger partial charge < -0.3 is 24.2 Å². The number of anilines is 2. The van der Waals surface area contributed by atoms with E-state index in [1.165, 1.54) is 12.2 Å². The van der Waals surface area contributed by atoms with Gasteiger partial charge in [-0.05, 0) is 36.4 Å². The monoisotopic (exact) mass is 647 g/mol. The maximum atomic E-state index is 12.8. The molecule has 12 heteroatoms. The molecule has 3 aromatic rings. The van der Waals surface area contributed by atoms with Gasteiger partial charge in [0.2, 0.25) is 5.91 Å². The molecule has 10 nitrogen and oxygen atoms in total. The molecule has 0 aliphatic carbocycles. The van der Waals surface area contributed by atoms with Crippen molar-refractivity contribution in [2.45, 2.75) is 31.8 Å². The second-order valence-electron chi connectivity index (χ2n) is 11.7. The summed E-state index contributed by atoms with van der Waals surface area (Å²) < 4.78 is 24.5. The van der Waals surface area contributed by atoms with E-state index in [1.54, 1.807) is 4.90 Å². The van der Waals surface area contributed by atoms with Crippen LogP contribution in [0, 0.1) is 11.3 Å². The molecule has 46 heavy (non-hydrogen) atoms. The number of alkyl halides is 1. The zero-order chi connectivity index (χ0) is 31.9. The van der Waals surface area contributed by atoms with Gasteiger partial charge in [0.05, 0.1) is 42.4 Å². The smallest absolute Gasteiger partial charge is 0.318 e. The number of nitrogens with zero attached hydrogens (tertiary/aromatic N) is 7. The Kier molecular flexibility index (Phi) is 10.5. The number of hydrogen-bond donors (Lipinski definition) is 0. The van der Waals surface area contributed by atoms with Crippen LogP contribution in [0.2, 0.25) is 5.02 Å². The molecule has 0 radical (unpaired) electrons. The number of rotatable bonds is 9. The molecule has 4 heterocycles. The average Bonchev–Trinajstić information content (AvgIpc) is 3.35. The van der Waals surface area contributed by atoms with Crippen LogP contribution in [0.3, 0.4) is 0 Å². The van der Waals surface area contributed by atoms with E-state index in [0.29, 0.717) is 50.2 Å². The first kappa shape index (κ1) is 32.0. The van der Waals surface area contributed by atoms with Crippen LogP contribution in [0.1, 0.15) is 24.1 Å². The quantitative estimate of drug-likeness (QED) is 0.313. The van der Waals surface area contributed by atoms with Crippen molar-refractivity contribution in [3.05, 3.63) is 64.8 Å². The molecule has 2 fully saturated rings.